The first-order valence-electron chi connectivity index (χ1n) is 5.00. The Balaban J connectivity index is 2.74. The van der Waals surface area contributed by atoms with Gasteiger partial charge in [0.2, 0.25) is 0 Å². The fraction of sp³-hybridized carbons (Fsp3) is 0.455. The van der Waals surface area contributed by atoms with Gasteiger partial charge in [-0.05, 0) is 19.9 Å². The molecule has 0 bridgehead atoms. The molecule has 0 aliphatic rings. The van der Waals surface area contributed by atoms with Crippen molar-refractivity contribution in [2.45, 2.75) is 19.4 Å². The smallest absolute Gasteiger partial charge is 0.253 e. The number of ether oxygens (including phenoxy) is 1. The van der Waals surface area contributed by atoms with Gasteiger partial charge in [0.1, 0.15) is 5.15 Å². The Morgan fingerprint density at radius 2 is 2.18 bits per heavy atom. The molecule has 0 aromatic carbocycles. The molecule has 1 heterocycles. The molecule has 0 radical (unpaired) electrons. The Morgan fingerprint density at radius 3 is 2.76 bits per heavy atom. The van der Waals surface area contributed by atoms with Crippen molar-refractivity contribution < 1.29 is 9.53 Å². The molecule has 0 aliphatic carbocycles. The van der Waals surface area contributed by atoms with Crippen molar-refractivity contribution in [3.8, 4) is 0 Å². The number of pyridine rings is 1. The lowest BCUT2D eigenvalue weighted by molar-refractivity contribution is 0.0229. The van der Waals surface area contributed by atoms with Crippen LogP contribution in [0.5, 0.6) is 0 Å². The number of methoxy groups -OCH3 is 1. The third-order valence-electron chi connectivity index (χ3n) is 2.29. The van der Waals surface area contributed by atoms with Gasteiger partial charge in [-0.2, -0.15) is 0 Å². The summed E-state index contributed by atoms with van der Waals surface area (Å²) in [6.45, 7) is 4.11. The fourth-order valence-electron chi connectivity index (χ4n) is 1.05. The lowest BCUT2D eigenvalue weighted by Gasteiger charge is -2.23. The summed E-state index contributed by atoms with van der Waals surface area (Å²) in [5, 5.41) is 3.22. The van der Waals surface area contributed by atoms with Crippen LogP contribution in [-0.4, -0.2) is 30.1 Å². The van der Waals surface area contributed by atoms with Crippen LogP contribution in [-0.2, 0) is 4.74 Å². The molecule has 1 aromatic rings. The van der Waals surface area contributed by atoms with E-state index in [1.807, 2.05) is 13.8 Å². The van der Waals surface area contributed by atoms with E-state index in [0.29, 0.717) is 12.1 Å². The van der Waals surface area contributed by atoms with E-state index < -0.39 is 5.60 Å². The third-order valence-corrected chi connectivity index (χ3v) is 2.80. The van der Waals surface area contributed by atoms with Gasteiger partial charge in [0.05, 0.1) is 16.2 Å². The summed E-state index contributed by atoms with van der Waals surface area (Å²) in [4.78, 5) is 15.6. The Labute approximate surface area is 110 Å². The molecule has 0 fully saturated rings. The third kappa shape index (κ3) is 4.15. The van der Waals surface area contributed by atoms with Crippen LogP contribution in [0.4, 0.5) is 0 Å². The van der Waals surface area contributed by atoms with Crippen LogP contribution in [0.1, 0.15) is 24.2 Å². The van der Waals surface area contributed by atoms with Crippen LogP contribution < -0.4 is 5.32 Å². The number of carbonyl (C=O) groups is 1. The summed E-state index contributed by atoms with van der Waals surface area (Å²) in [5.74, 6) is -0.301. The topological polar surface area (TPSA) is 51.2 Å². The molecule has 94 valence electrons. The second-order valence-electron chi connectivity index (χ2n) is 4.13. The molecular formula is C11H14Cl2N2O2. The molecule has 17 heavy (non-hydrogen) atoms. The van der Waals surface area contributed by atoms with E-state index in [0.717, 1.165) is 0 Å². The molecule has 1 amide bonds. The zero-order valence-corrected chi connectivity index (χ0v) is 11.4. The van der Waals surface area contributed by atoms with Crippen molar-refractivity contribution in [2.24, 2.45) is 0 Å². The minimum atomic E-state index is -0.432. The van der Waals surface area contributed by atoms with Crippen molar-refractivity contribution in [3.05, 3.63) is 28.0 Å². The fourth-order valence-corrected chi connectivity index (χ4v) is 1.39. The molecule has 1 aromatic heterocycles. The molecule has 1 rings (SSSR count). The van der Waals surface area contributed by atoms with Crippen molar-refractivity contribution in [1.82, 2.24) is 10.3 Å². The minimum absolute atomic E-state index is 0.227. The van der Waals surface area contributed by atoms with Gasteiger partial charge >= 0.3 is 0 Å². The average Bonchev–Trinajstić information content (AvgIpc) is 2.29. The molecule has 0 aliphatic heterocycles. The highest BCUT2D eigenvalue weighted by Crippen LogP contribution is 2.18. The average molecular weight is 277 g/mol. The van der Waals surface area contributed by atoms with Gasteiger partial charge in [-0.1, -0.05) is 23.2 Å². The van der Waals surface area contributed by atoms with Gasteiger partial charge in [0.25, 0.3) is 5.91 Å². The predicted octanol–water partition coefficient (Wildman–Crippen LogP) is 2.54. The van der Waals surface area contributed by atoms with Crippen LogP contribution in [0.2, 0.25) is 10.2 Å². The number of hydrogen-bond acceptors (Lipinski definition) is 3. The highest BCUT2D eigenvalue weighted by Gasteiger charge is 2.19. The molecule has 0 atom stereocenters. The summed E-state index contributed by atoms with van der Waals surface area (Å²) in [6, 6.07) is 1.43. The SMILES string of the molecule is COC(C)(C)CNC(=O)c1cc(Cl)ncc1Cl. The lowest BCUT2D eigenvalue weighted by atomic mass is 10.1. The highest BCUT2D eigenvalue weighted by molar-refractivity contribution is 6.35. The van der Waals surface area contributed by atoms with Crippen molar-refractivity contribution in [2.75, 3.05) is 13.7 Å². The van der Waals surface area contributed by atoms with Gasteiger partial charge < -0.3 is 10.1 Å². The van der Waals surface area contributed by atoms with E-state index in [1.54, 1.807) is 7.11 Å². The molecule has 1 N–H and O–H groups in total. The first kappa shape index (κ1) is 14.2. The van der Waals surface area contributed by atoms with Crippen LogP contribution in [0.25, 0.3) is 0 Å². The number of halogens is 2. The zero-order chi connectivity index (χ0) is 13.1. The molecule has 0 saturated heterocycles. The van der Waals surface area contributed by atoms with Crippen LogP contribution in [0, 0.1) is 0 Å². The summed E-state index contributed by atoms with van der Waals surface area (Å²) in [5.41, 5.74) is -0.127. The summed E-state index contributed by atoms with van der Waals surface area (Å²) in [7, 11) is 1.59. The maximum atomic E-state index is 11.8. The number of carbonyl (C=O) groups excluding carboxylic acids is 1. The van der Waals surface area contributed by atoms with Crippen molar-refractivity contribution in [1.29, 1.82) is 0 Å². The van der Waals surface area contributed by atoms with E-state index in [9.17, 15) is 4.79 Å². The Kier molecular flexibility index (Phi) is 4.74. The number of rotatable bonds is 4. The van der Waals surface area contributed by atoms with Gasteiger partial charge in [-0.15, -0.1) is 0 Å². The Hall–Kier alpha value is -0.840. The Bertz CT molecular complexity index is 422. The van der Waals surface area contributed by atoms with Crippen molar-refractivity contribution >= 4 is 29.1 Å². The standard InChI is InChI=1S/C11H14Cl2N2O2/c1-11(2,17-3)6-15-10(16)7-4-9(13)14-5-8(7)12/h4-5H,6H2,1-3H3,(H,15,16). The molecule has 0 saturated carbocycles. The molecular weight excluding hydrogens is 263 g/mol. The molecule has 4 nitrogen and oxygen atoms in total. The highest BCUT2D eigenvalue weighted by atomic mass is 35.5. The number of hydrogen-bond donors (Lipinski definition) is 1. The van der Waals surface area contributed by atoms with Gasteiger partial charge in [-0.25, -0.2) is 4.98 Å². The minimum Gasteiger partial charge on any atom is -0.377 e. The maximum Gasteiger partial charge on any atom is 0.253 e. The zero-order valence-electron chi connectivity index (χ0n) is 9.88. The second-order valence-corrected chi connectivity index (χ2v) is 4.93. The van der Waals surface area contributed by atoms with E-state index in [-0.39, 0.29) is 16.1 Å². The number of aromatic nitrogens is 1. The van der Waals surface area contributed by atoms with Gasteiger partial charge in [0, 0.05) is 19.9 Å². The molecule has 0 unspecified atom stereocenters. The summed E-state index contributed by atoms with van der Waals surface area (Å²) < 4.78 is 5.19. The normalized spacial score (nSPS) is 11.4. The summed E-state index contributed by atoms with van der Waals surface area (Å²) >= 11 is 11.6. The lowest BCUT2D eigenvalue weighted by Crippen LogP contribution is -2.39. The predicted molar refractivity (Wildman–Crippen MR) is 67.7 cm³/mol. The van der Waals surface area contributed by atoms with E-state index in [1.165, 1.54) is 12.3 Å². The quantitative estimate of drug-likeness (QED) is 0.860. The van der Waals surface area contributed by atoms with Crippen LogP contribution in [0.3, 0.4) is 0 Å². The first-order valence-corrected chi connectivity index (χ1v) is 5.76. The molecule has 6 heteroatoms. The first-order chi connectivity index (χ1) is 7.85. The van der Waals surface area contributed by atoms with Crippen LogP contribution >= 0.6 is 23.2 Å². The van der Waals surface area contributed by atoms with Crippen LogP contribution in [0.15, 0.2) is 12.3 Å². The number of amides is 1. The number of nitrogens with one attached hydrogen (secondary N) is 1. The summed E-state index contributed by atoms with van der Waals surface area (Å²) in [6.07, 6.45) is 1.35. The van der Waals surface area contributed by atoms with Gasteiger partial charge in [-0.3, -0.25) is 4.79 Å². The Morgan fingerprint density at radius 1 is 1.53 bits per heavy atom. The number of nitrogens with zero attached hydrogens (tertiary/aromatic N) is 1. The van der Waals surface area contributed by atoms with Crippen molar-refractivity contribution in [3.63, 3.8) is 0 Å². The van der Waals surface area contributed by atoms with E-state index in [2.05, 4.69) is 10.3 Å². The largest absolute Gasteiger partial charge is 0.377 e. The van der Waals surface area contributed by atoms with E-state index >= 15 is 0 Å². The second kappa shape index (κ2) is 5.67. The monoisotopic (exact) mass is 276 g/mol. The maximum absolute atomic E-state index is 11.8. The molecule has 0 spiro atoms. The van der Waals surface area contributed by atoms with Gasteiger partial charge in [0.15, 0.2) is 0 Å². The van der Waals surface area contributed by atoms with E-state index in [4.69, 9.17) is 27.9 Å².